The first kappa shape index (κ1) is 15.2. The third-order valence-corrected chi connectivity index (χ3v) is 3.28. The molecule has 1 atom stereocenters. The van der Waals surface area contributed by atoms with Gasteiger partial charge in [-0.15, -0.1) is 0 Å². The largest absolute Gasteiger partial charge is 0.494 e. The van der Waals surface area contributed by atoms with E-state index in [1.807, 2.05) is 0 Å². The minimum atomic E-state index is -0.523. The number of benzene rings is 2. The van der Waals surface area contributed by atoms with Gasteiger partial charge in [0.2, 0.25) is 0 Å². The summed E-state index contributed by atoms with van der Waals surface area (Å²) in [5.74, 6) is -1.37. The van der Waals surface area contributed by atoms with Crippen molar-refractivity contribution in [3.05, 3.63) is 58.9 Å². The second-order valence-corrected chi connectivity index (χ2v) is 4.84. The van der Waals surface area contributed by atoms with E-state index in [4.69, 9.17) is 4.74 Å². The minimum absolute atomic E-state index is 0.126. The van der Waals surface area contributed by atoms with Crippen LogP contribution in [0.3, 0.4) is 0 Å². The molecule has 0 aliphatic rings. The third-order valence-electron chi connectivity index (χ3n) is 3.28. The number of anilines is 1. The van der Waals surface area contributed by atoms with Crippen LogP contribution in [0.4, 0.5) is 18.9 Å². The van der Waals surface area contributed by atoms with Crippen molar-refractivity contribution in [1.29, 1.82) is 0 Å². The molecule has 112 valence electrons. The fourth-order valence-electron chi connectivity index (χ4n) is 2.08. The van der Waals surface area contributed by atoms with Gasteiger partial charge in [-0.2, -0.15) is 0 Å². The maximum atomic E-state index is 13.9. The van der Waals surface area contributed by atoms with Crippen LogP contribution in [0, 0.1) is 24.4 Å². The van der Waals surface area contributed by atoms with Gasteiger partial charge < -0.3 is 10.1 Å². The molecule has 0 heterocycles. The van der Waals surface area contributed by atoms with E-state index in [2.05, 4.69) is 5.32 Å². The average molecular weight is 295 g/mol. The Balaban J connectivity index is 2.23. The van der Waals surface area contributed by atoms with Crippen LogP contribution in [0.1, 0.15) is 24.1 Å². The summed E-state index contributed by atoms with van der Waals surface area (Å²) in [5.41, 5.74) is 0.898. The monoisotopic (exact) mass is 295 g/mol. The number of methoxy groups -OCH3 is 1. The maximum Gasteiger partial charge on any atom is 0.167 e. The normalized spacial score (nSPS) is 12.1. The van der Waals surface area contributed by atoms with Crippen LogP contribution in [0.15, 0.2) is 30.3 Å². The second kappa shape index (κ2) is 6.08. The predicted molar refractivity (Wildman–Crippen MR) is 76.1 cm³/mol. The van der Waals surface area contributed by atoms with Gasteiger partial charge in [0, 0.05) is 17.3 Å². The summed E-state index contributed by atoms with van der Waals surface area (Å²) in [7, 11) is 1.37. The van der Waals surface area contributed by atoms with Gasteiger partial charge in [-0.25, -0.2) is 13.2 Å². The van der Waals surface area contributed by atoms with Gasteiger partial charge in [-0.1, -0.05) is 0 Å². The van der Waals surface area contributed by atoms with Crippen molar-refractivity contribution in [2.45, 2.75) is 19.9 Å². The molecule has 0 radical (unpaired) electrons. The van der Waals surface area contributed by atoms with Gasteiger partial charge in [0.1, 0.15) is 11.6 Å². The molecule has 0 saturated heterocycles. The highest BCUT2D eigenvalue weighted by molar-refractivity contribution is 5.49. The minimum Gasteiger partial charge on any atom is -0.494 e. The van der Waals surface area contributed by atoms with Gasteiger partial charge in [0.25, 0.3) is 0 Å². The number of aryl methyl sites for hydroxylation is 1. The Hall–Kier alpha value is -2.17. The smallest absolute Gasteiger partial charge is 0.167 e. The molecule has 0 bridgehead atoms. The van der Waals surface area contributed by atoms with Crippen LogP contribution < -0.4 is 10.1 Å². The Labute approximate surface area is 121 Å². The lowest BCUT2D eigenvalue weighted by Crippen LogP contribution is -2.10. The molecule has 5 heteroatoms. The second-order valence-electron chi connectivity index (χ2n) is 4.84. The lowest BCUT2D eigenvalue weighted by atomic mass is 10.0. The van der Waals surface area contributed by atoms with E-state index < -0.39 is 23.5 Å². The molecule has 0 fully saturated rings. The molecule has 2 aromatic rings. The molecule has 2 rings (SSSR count). The van der Waals surface area contributed by atoms with Crippen LogP contribution in [-0.4, -0.2) is 7.11 Å². The molecule has 0 amide bonds. The molecule has 1 unspecified atom stereocenters. The Morgan fingerprint density at radius 2 is 1.71 bits per heavy atom. The summed E-state index contributed by atoms with van der Waals surface area (Å²) in [6, 6.07) is 6.13. The molecule has 2 aromatic carbocycles. The Morgan fingerprint density at radius 1 is 1.00 bits per heavy atom. The van der Waals surface area contributed by atoms with E-state index in [-0.39, 0.29) is 16.9 Å². The first-order valence-corrected chi connectivity index (χ1v) is 6.48. The quantitative estimate of drug-likeness (QED) is 0.890. The van der Waals surface area contributed by atoms with Crippen LogP contribution in [-0.2, 0) is 0 Å². The number of halogens is 3. The molecular weight excluding hydrogens is 279 g/mol. The molecule has 0 saturated carbocycles. The lowest BCUT2D eigenvalue weighted by molar-refractivity contribution is 0.386. The molecule has 1 N–H and O–H groups in total. The molecule has 0 aliphatic carbocycles. The predicted octanol–water partition coefficient (Wildman–Crippen LogP) is 4.59. The maximum absolute atomic E-state index is 13.9. The fourth-order valence-corrected chi connectivity index (χ4v) is 2.08. The van der Waals surface area contributed by atoms with Gasteiger partial charge in [-0.3, -0.25) is 0 Å². The topological polar surface area (TPSA) is 21.3 Å². The average Bonchev–Trinajstić information content (AvgIpc) is 2.43. The van der Waals surface area contributed by atoms with Crippen molar-refractivity contribution in [3.63, 3.8) is 0 Å². The Bertz CT molecular complexity index is 658. The highest BCUT2D eigenvalue weighted by Crippen LogP contribution is 2.26. The van der Waals surface area contributed by atoms with E-state index in [1.165, 1.54) is 26.2 Å². The first-order chi connectivity index (χ1) is 9.92. The van der Waals surface area contributed by atoms with Crippen molar-refractivity contribution in [3.8, 4) is 5.75 Å². The number of ether oxygens (including phenoxy) is 1. The summed E-state index contributed by atoms with van der Waals surface area (Å²) in [4.78, 5) is 0. The van der Waals surface area contributed by atoms with E-state index in [0.717, 1.165) is 12.1 Å². The van der Waals surface area contributed by atoms with Crippen LogP contribution >= 0.6 is 0 Å². The SMILES string of the molecule is COc1ccc(NC(C)c2cc(F)c(C)cc2F)cc1F. The standard InChI is InChI=1S/C16H16F3NO/c1-9-6-14(18)12(8-13(9)17)10(2)20-11-4-5-16(21-3)15(19)7-11/h4-8,10,20H,1-3H3. The van der Waals surface area contributed by atoms with Gasteiger partial charge in [0.05, 0.1) is 13.2 Å². The van der Waals surface area contributed by atoms with Crippen molar-refractivity contribution in [2.24, 2.45) is 0 Å². The third kappa shape index (κ3) is 3.29. The van der Waals surface area contributed by atoms with E-state index in [9.17, 15) is 13.2 Å². The highest BCUT2D eigenvalue weighted by Gasteiger charge is 2.14. The molecule has 0 aromatic heterocycles. The summed E-state index contributed by atoms with van der Waals surface area (Å²) < 4.78 is 45.9. The summed E-state index contributed by atoms with van der Waals surface area (Å²) >= 11 is 0. The zero-order chi connectivity index (χ0) is 15.6. The molecule has 21 heavy (non-hydrogen) atoms. The van der Waals surface area contributed by atoms with Gasteiger partial charge in [0.15, 0.2) is 11.6 Å². The number of nitrogens with one attached hydrogen (secondary N) is 1. The Morgan fingerprint density at radius 3 is 2.33 bits per heavy atom. The van der Waals surface area contributed by atoms with Crippen LogP contribution in [0.5, 0.6) is 5.75 Å². The molecule has 0 aliphatic heterocycles. The van der Waals surface area contributed by atoms with Gasteiger partial charge >= 0.3 is 0 Å². The van der Waals surface area contributed by atoms with Crippen molar-refractivity contribution < 1.29 is 17.9 Å². The first-order valence-electron chi connectivity index (χ1n) is 6.48. The van der Waals surface area contributed by atoms with Crippen molar-refractivity contribution in [2.75, 3.05) is 12.4 Å². The zero-order valence-corrected chi connectivity index (χ0v) is 12.0. The molecular formula is C16H16F3NO. The molecule has 0 spiro atoms. The van der Waals surface area contributed by atoms with Crippen molar-refractivity contribution in [1.82, 2.24) is 0 Å². The fraction of sp³-hybridized carbons (Fsp3) is 0.250. The lowest BCUT2D eigenvalue weighted by Gasteiger charge is -2.17. The summed E-state index contributed by atoms with van der Waals surface area (Å²) in [6.45, 7) is 3.18. The number of hydrogen-bond acceptors (Lipinski definition) is 2. The Kier molecular flexibility index (Phi) is 4.40. The van der Waals surface area contributed by atoms with Crippen LogP contribution in [0.2, 0.25) is 0 Å². The zero-order valence-electron chi connectivity index (χ0n) is 12.0. The highest BCUT2D eigenvalue weighted by atomic mass is 19.1. The van der Waals surface area contributed by atoms with E-state index >= 15 is 0 Å². The van der Waals surface area contributed by atoms with E-state index in [0.29, 0.717) is 5.69 Å². The number of hydrogen-bond donors (Lipinski definition) is 1. The number of rotatable bonds is 4. The van der Waals surface area contributed by atoms with Crippen molar-refractivity contribution >= 4 is 5.69 Å². The summed E-state index contributed by atoms with van der Waals surface area (Å²) in [5, 5.41) is 2.94. The van der Waals surface area contributed by atoms with Crippen LogP contribution in [0.25, 0.3) is 0 Å². The van der Waals surface area contributed by atoms with Gasteiger partial charge in [-0.05, 0) is 43.7 Å². The molecule has 2 nitrogen and oxygen atoms in total. The summed E-state index contributed by atoms with van der Waals surface area (Å²) in [6.07, 6.45) is 0. The van der Waals surface area contributed by atoms with E-state index in [1.54, 1.807) is 13.0 Å².